The lowest BCUT2D eigenvalue weighted by Crippen LogP contribution is -2.45. The standard InChI is InChI=1S/C14H24O5/c1-13(2,3)19-12(16)9-11-8-10(6-7-15)17-14(4,5)18-11/h7,10-11H,6,8-9H2,1-5H3/t10-,11-/m0/s1. The minimum Gasteiger partial charge on any atom is -0.460 e. The number of aldehydes is 1. The van der Waals surface area contributed by atoms with Crippen molar-refractivity contribution in [3.63, 3.8) is 0 Å². The Morgan fingerprint density at radius 3 is 2.42 bits per heavy atom. The maximum Gasteiger partial charge on any atom is 0.308 e. The van der Waals surface area contributed by atoms with Crippen molar-refractivity contribution in [2.24, 2.45) is 0 Å². The fourth-order valence-electron chi connectivity index (χ4n) is 2.17. The van der Waals surface area contributed by atoms with Crippen LogP contribution in [0.2, 0.25) is 0 Å². The predicted octanol–water partition coefficient (Wildman–Crippen LogP) is 2.22. The highest BCUT2D eigenvalue weighted by Gasteiger charge is 2.36. The summed E-state index contributed by atoms with van der Waals surface area (Å²) < 4.78 is 16.6. The molecular weight excluding hydrogens is 248 g/mol. The van der Waals surface area contributed by atoms with Gasteiger partial charge in [0.25, 0.3) is 0 Å². The van der Waals surface area contributed by atoms with Crippen LogP contribution in [0, 0.1) is 0 Å². The maximum absolute atomic E-state index is 11.8. The van der Waals surface area contributed by atoms with E-state index in [0.717, 1.165) is 6.29 Å². The Morgan fingerprint density at radius 2 is 1.89 bits per heavy atom. The Morgan fingerprint density at radius 1 is 1.32 bits per heavy atom. The van der Waals surface area contributed by atoms with Crippen LogP contribution >= 0.6 is 0 Å². The van der Waals surface area contributed by atoms with Crippen molar-refractivity contribution in [2.45, 2.75) is 77.5 Å². The van der Waals surface area contributed by atoms with Gasteiger partial charge in [0.05, 0.1) is 18.6 Å². The second kappa shape index (κ2) is 6.01. The summed E-state index contributed by atoms with van der Waals surface area (Å²) >= 11 is 0. The number of ether oxygens (including phenoxy) is 3. The fraction of sp³-hybridized carbons (Fsp3) is 0.857. The SMILES string of the molecule is CC(C)(C)OC(=O)C[C@@H]1C[C@H](CC=O)OC(C)(C)O1. The zero-order chi connectivity index (χ0) is 14.7. The lowest BCUT2D eigenvalue weighted by Gasteiger charge is -2.40. The van der Waals surface area contributed by atoms with Crippen LogP contribution in [0.1, 0.15) is 53.9 Å². The van der Waals surface area contributed by atoms with Crippen LogP contribution in [0.15, 0.2) is 0 Å². The summed E-state index contributed by atoms with van der Waals surface area (Å²) in [6.45, 7) is 9.05. The zero-order valence-electron chi connectivity index (χ0n) is 12.4. The second-order valence-corrected chi connectivity index (χ2v) is 6.31. The van der Waals surface area contributed by atoms with Gasteiger partial charge in [-0.3, -0.25) is 4.79 Å². The Kier molecular flexibility index (Phi) is 5.10. The summed E-state index contributed by atoms with van der Waals surface area (Å²) in [5, 5.41) is 0. The van der Waals surface area contributed by atoms with Crippen molar-refractivity contribution < 1.29 is 23.8 Å². The van der Waals surface area contributed by atoms with Crippen molar-refractivity contribution in [1.82, 2.24) is 0 Å². The van der Waals surface area contributed by atoms with E-state index in [9.17, 15) is 9.59 Å². The van der Waals surface area contributed by atoms with Crippen molar-refractivity contribution in [3.05, 3.63) is 0 Å². The molecule has 0 N–H and O–H groups in total. The Balaban J connectivity index is 2.57. The number of hydrogen-bond acceptors (Lipinski definition) is 5. The van der Waals surface area contributed by atoms with E-state index in [1.165, 1.54) is 0 Å². The van der Waals surface area contributed by atoms with Crippen LogP contribution in [0.25, 0.3) is 0 Å². The van der Waals surface area contributed by atoms with E-state index in [4.69, 9.17) is 14.2 Å². The molecule has 0 amide bonds. The van der Waals surface area contributed by atoms with Gasteiger partial charge in [-0.1, -0.05) is 0 Å². The van der Waals surface area contributed by atoms with Crippen molar-refractivity contribution in [3.8, 4) is 0 Å². The van der Waals surface area contributed by atoms with Crippen LogP contribution in [0.4, 0.5) is 0 Å². The molecule has 0 unspecified atom stereocenters. The molecule has 0 aromatic heterocycles. The van der Waals surface area contributed by atoms with E-state index in [1.54, 1.807) is 13.8 Å². The van der Waals surface area contributed by atoms with Gasteiger partial charge in [-0.2, -0.15) is 0 Å². The lowest BCUT2D eigenvalue weighted by atomic mass is 10.0. The molecule has 0 saturated carbocycles. The highest BCUT2D eigenvalue weighted by molar-refractivity contribution is 5.70. The monoisotopic (exact) mass is 272 g/mol. The molecule has 5 nitrogen and oxygen atoms in total. The third-order valence-corrected chi connectivity index (χ3v) is 2.60. The van der Waals surface area contributed by atoms with Gasteiger partial charge < -0.3 is 19.0 Å². The second-order valence-electron chi connectivity index (χ2n) is 6.31. The zero-order valence-corrected chi connectivity index (χ0v) is 12.4. The minimum atomic E-state index is -0.779. The van der Waals surface area contributed by atoms with E-state index in [2.05, 4.69) is 0 Å². The molecule has 110 valence electrons. The van der Waals surface area contributed by atoms with E-state index >= 15 is 0 Å². The Hall–Kier alpha value is -0.940. The van der Waals surface area contributed by atoms with Crippen LogP contribution in [0.3, 0.4) is 0 Å². The van der Waals surface area contributed by atoms with Crippen LogP contribution < -0.4 is 0 Å². The molecule has 19 heavy (non-hydrogen) atoms. The van der Waals surface area contributed by atoms with E-state index in [1.807, 2.05) is 20.8 Å². The smallest absolute Gasteiger partial charge is 0.308 e. The molecule has 0 aliphatic carbocycles. The third kappa shape index (κ3) is 6.16. The first kappa shape index (κ1) is 16.1. The first-order valence-electron chi connectivity index (χ1n) is 6.62. The van der Waals surface area contributed by atoms with Gasteiger partial charge in [-0.05, 0) is 34.6 Å². The first-order chi connectivity index (χ1) is 8.61. The summed E-state index contributed by atoms with van der Waals surface area (Å²) in [4.78, 5) is 22.4. The molecule has 0 spiro atoms. The number of rotatable bonds is 4. The Labute approximate surface area is 114 Å². The number of carbonyl (C=O) groups is 2. The average Bonchev–Trinajstić information content (AvgIpc) is 2.10. The van der Waals surface area contributed by atoms with Crippen LogP contribution in [-0.4, -0.2) is 35.9 Å². The third-order valence-electron chi connectivity index (χ3n) is 2.60. The highest BCUT2D eigenvalue weighted by Crippen LogP contribution is 2.29. The van der Waals surface area contributed by atoms with Gasteiger partial charge in [0.2, 0.25) is 0 Å². The van der Waals surface area contributed by atoms with Crippen molar-refractivity contribution in [2.75, 3.05) is 0 Å². The molecule has 0 radical (unpaired) electrons. The van der Waals surface area contributed by atoms with Gasteiger partial charge in [-0.25, -0.2) is 0 Å². The molecule has 1 aliphatic rings. The summed E-state index contributed by atoms with van der Waals surface area (Å²) in [6.07, 6.45) is 1.38. The lowest BCUT2D eigenvalue weighted by molar-refractivity contribution is -0.299. The molecule has 1 heterocycles. The maximum atomic E-state index is 11.8. The van der Waals surface area contributed by atoms with Gasteiger partial charge in [-0.15, -0.1) is 0 Å². The number of carbonyl (C=O) groups excluding carboxylic acids is 2. The molecule has 0 bridgehead atoms. The quantitative estimate of drug-likeness (QED) is 0.580. The van der Waals surface area contributed by atoms with E-state index in [0.29, 0.717) is 12.8 Å². The van der Waals surface area contributed by atoms with Gasteiger partial charge in [0, 0.05) is 12.8 Å². The number of esters is 1. The molecular formula is C14H24O5. The molecule has 1 aliphatic heterocycles. The van der Waals surface area contributed by atoms with Gasteiger partial charge >= 0.3 is 5.97 Å². The summed E-state index contributed by atoms with van der Waals surface area (Å²) in [5.74, 6) is -1.07. The van der Waals surface area contributed by atoms with Crippen LogP contribution in [-0.2, 0) is 23.8 Å². The number of hydrogen-bond donors (Lipinski definition) is 0. The molecule has 1 fully saturated rings. The summed E-state index contributed by atoms with van der Waals surface area (Å²) in [5.41, 5.74) is -0.500. The van der Waals surface area contributed by atoms with E-state index < -0.39 is 11.4 Å². The normalized spacial score (nSPS) is 26.8. The average molecular weight is 272 g/mol. The summed E-state index contributed by atoms with van der Waals surface area (Å²) in [7, 11) is 0. The molecule has 0 aromatic rings. The Bertz CT molecular complexity index is 329. The topological polar surface area (TPSA) is 61.8 Å². The van der Waals surface area contributed by atoms with E-state index in [-0.39, 0.29) is 24.6 Å². The molecule has 1 rings (SSSR count). The van der Waals surface area contributed by atoms with Gasteiger partial charge in [0.15, 0.2) is 5.79 Å². The first-order valence-corrected chi connectivity index (χ1v) is 6.62. The minimum absolute atomic E-state index is 0.180. The fourth-order valence-corrected chi connectivity index (χ4v) is 2.17. The molecule has 1 saturated heterocycles. The largest absolute Gasteiger partial charge is 0.460 e. The summed E-state index contributed by atoms with van der Waals surface area (Å²) in [6, 6.07) is 0. The molecule has 5 heteroatoms. The van der Waals surface area contributed by atoms with Crippen molar-refractivity contribution >= 4 is 12.3 Å². The van der Waals surface area contributed by atoms with Crippen LogP contribution in [0.5, 0.6) is 0 Å². The van der Waals surface area contributed by atoms with Crippen molar-refractivity contribution in [1.29, 1.82) is 0 Å². The highest BCUT2D eigenvalue weighted by atomic mass is 16.7. The van der Waals surface area contributed by atoms with Gasteiger partial charge in [0.1, 0.15) is 11.9 Å². The molecule has 2 atom stereocenters. The predicted molar refractivity (Wildman–Crippen MR) is 69.6 cm³/mol. The molecule has 0 aromatic carbocycles.